The number of amides is 1. The van der Waals surface area contributed by atoms with Crippen molar-refractivity contribution in [3.8, 4) is 11.1 Å². The van der Waals surface area contributed by atoms with Crippen LogP contribution in [0.2, 0.25) is 0 Å². The molecular weight excluding hydrogens is 434 g/mol. The molecule has 34 heavy (non-hydrogen) atoms. The first-order chi connectivity index (χ1) is 16.2. The summed E-state index contributed by atoms with van der Waals surface area (Å²) < 4.78 is 27.3. The van der Waals surface area contributed by atoms with E-state index in [1.54, 1.807) is 0 Å². The van der Waals surface area contributed by atoms with E-state index in [9.17, 15) is 18.7 Å². The maximum Gasteiger partial charge on any atom is 0.217 e. The molecule has 3 aromatic carbocycles. The molecule has 176 valence electrons. The number of rotatable bonds is 8. The zero-order valence-electron chi connectivity index (χ0n) is 19.2. The molecule has 1 amide bonds. The Morgan fingerprint density at radius 3 is 2.35 bits per heavy atom. The second kappa shape index (κ2) is 9.87. The van der Waals surface area contributed by atoms with Crippen LogP contribution in [0.15, 0.2) is 67.2 Å². The van der Waals surface area contributed by atoms with Gasteiger partial charge < -0.3 is 15.7 Å². The molecule has 3 aromatic rings. The highest BCUT2D eigenvalue weighted by molar-refractivity contribution is 5.80. The lowest BCUT2D eigenvalue weighted by Crippen LogP contribution is -2.48. The number of aliphatic hydroxyl groups excluding tert-OH is 1. The van der Waals surface area contributed by atoms with Gasteiger partial charge in [0.15, 0.2) is 0 Å². The van der Waals surface area contributed by atoms with E-state index in [1.165, 1.54) is 19.1 Å². The molecule has 0 radical (unpaired) electrons. The van der Waals surface area contributed by atoms with Gasteiger partial charge in [-0.2, -0.15) is 0 Å². The Balaban J connectivity index is 1.56. The number of aliphatic hydroxyl groups is 1. The maximum atomic E-state index is 13.7. The minimum absolute atomic E-state index is 0.0920. The Morgan fingerprint density at radius 1 is 1.00 bits per heavy atom. The number of allylic oxidation sites excluding steroid dienone is 1. The van der Waals surface area contributed by atoms with E-state index in [0.717, 1.165) is 39.5 Å². The van der Waals surface area contributed by atoms with E-state index < -0.39 is 23.8 Å². The summed E-state index contributed by atoms with van der Waals surface area (Å²) in [4.78, 5) is 11.8. The SMILES string of the molecule is C=C(C)c1ccc2c(c1)C(NC[C@@H](O)[C@H](Cc1cc(F)cc(F)c1)NC(C)=O)c1ccccc1-2. The normalized spacial score (nSPS) is 15.9. The predicted octanol–water partition coefficient (Wildman–Crippen LogP) is 4.77. The molecule has 0 aliphatic heterocycles. The van der Waals surface area contributed by atoms with Crippen molar-refractivity contribution in [2.75, 3.05) is 6.54 Å². The number of nitrogens with one attached hydrogen (secondary N) is 2. The van der Waals surface area contributed by atoms with Crippen LogP contribution in [0.3, 0.4) is 0 Å². The summed E-state index contributed by atoms with van der Waals surface area (Å²) in [6.45, 7) is 7.52. The standard InChI is InChI=1S/C28H28F2N2O2/c1-16(2)19-8-9-23-22-6-4-5-7-24(22)28(25(23)13-19)31-15-27(34)26(32-17(3)33)12-18-10-20(29)14-21(30)11-18/h4-11,13-14,26-28,31,34H,1,12,15H2,2-3H3,(H,32,33)/t26-,27+,28?/m0/s1. The van der Waals surface area contributed by atoms with E-state index in [1.807, 2.05) is 19.1 Å². The van der Waals surface area contributed by atoms with Crippen molar-refractivity contribution in [2.45, 2.75) is 38.5 Å². The van der Waals surface area contributed by atoms with Gasteiger partial charge in [-0.05, 0) is 64.9 Å². The lowest BCUT2D eigenvalue weighted by Gasteiger charge is -2.26. The van der Waals surface area contributed by atoms with Gasteiger partial charge in [0.1, 0.15) is 11.6 Å². The van der Waals surface area contributed by atoms with Crippen molar-refractivity contribution in [1.82, 2.24) is 10.6 Å². The molecule has 1 aliphatic carbocycles. The van der Waals surface area contributed by atoms with Crippen molar-refractivity contribution in [3.63, 3.8) is 0 Å². The fourth-order valence-electron chi connectivity index (χ4n) is 4.60. The predicted molar refractivity (Wildman–Crippen MR) is 130 cm³/mol. The topological polar surface area (TPSA) is 61.4 Å². The molecular formula is C28H28F2N2O2. The van der Waals surface area contributed by atoms with Crippen LogP contribution in [0, 0.1) is 11.6 Å². The molecule has 6 heteroatoms. The van der Waals surface area contributed by atoms with Crippen molar-refractivity contribution in [2.24, 2.45) is 0 Å². The fraction of sp³-hybridized carbons (Fsp3) is 0.250. The number of carbonyl (C=O) groups excluding carboxylic acids is 1. The third kappa shape index (κ3) is 5.08. The van der Waals surface area contributed by atoms with Crippen LogP contribution < -0.4 is 10.6 Å². The van der Waals surface area contributed by atoms with Crippen LogP contribution in [0.25, 0.3) is 16.7 Å². The van der Waals surface area contributed by atoms with Gasteiger partial charge in [0, 0.05) is 19.5 Å². The number of halogens is 2. The molecule has 1 aliphatic rings. The third-order valence-electron chi connectivity index (χ3n) is 6.18. The minimum atomic E-state index is -0.990. The average Bonchev–Trinajstić information content (AvgIpc) is 3.09. The molecule has 3 atom stereocenters. The summed E-state index contributed by atoms with van der Waals surface area (Å²) in [7, 11) is 0. The van der Waals surface area contributed by atoms with Crippen LogP contribution in [0.4, 0.5) is 8.78 Å². The van der Waals surface area contributed by atoms with Gasteiger partial charge in [-0.3, -0.25) is 4.79 Å². The Kier molecular flexibility index (Phi) is 6.91. The Morgan fingerprint density at radius 2 is 1.68 bits per heavy atom. The molecule has 0 aromatic heterocycles. The summed E-state index contributed by atoms with van der Waals surface area (Å²) in [6, 6.07) is 16.7. The lowest BCUT2D eigenvalue weighted by atomic mass is 9.98. The Bertz CT molecular complexity index is 1220. The van der Waals surface area contributed by atoms with Crippen molar-refractivity contribution >= 4 is 11.5 Å². The maximum absolute atomic E-state index is 13.7. The highest BCUT2D eigenvalue weighted by atomic mass is 19.1. The molecule has 0 bridgehead atoms. The second-order valence-corrected chi connectivity index (χ2v) is 8.87. The molecule has 4 nitrogen and oxygen atoms in total. The van der Waals surface area contributed by atoms with Crippen LogP contribution in [0.1, 0.15) is 42.1 Å². The number of benzene rings is 3. The number of hydrogen-bond acceptors (Lipinski definition) is 3. The Labute approximate surface area is 198 Å². The number of hydrogen-bond donors (Lipinski definition) is 3. The van der Waals surface area contributed by atoms with Gasteiger partial charge >= 0.3 is 0 Å². The monoisotopic (exact) mass is 462 g/mol. The smallest absolute Gasteiger partial charge is 0.217 e. The highest BCUT2D eigenvalue weighted by Crippen LogP contribution is 2.44. The van der Waals surface area contributed by atoms with Crippen molar-refractivity contribution in [1.29, 1.82) is 0 Å². The molecule has 0 heterocycles. The first-order valence-electron chi connectivity index (χ1n) is 11.3. The molecule has 1 unspecified atom stereocenters. The molecule has 0 saturated heterocycles. The average molecular weight is 463 g/mol. The van der Waals surface area contributed by atoms with Gasteiger partial charge in [0.05, 0.1) is 18.2 Å². The van der Waals surface area contributed by atoms with Gasteiger partial charge in [-0.15, -0.1) is 0 Å². The largest absolute Gasteiger partial charge is 0.390 e. The van der Waals surface area contributed by atoms with Crippen molar-refractivity contribution in [3.05, 3.63) is 101 Å². The summed E-state index contributed by atoms with van der Waals surface area (Å²) in [5.41, 5.74) is 6.82. The number of carbonyl (C=O) groups is 1. The van der Waals surface area contributed by atoms with Crippen LogP contribution in [-0.4, -0.2) is 29.7 Å². The Hall–Kier alpha value is -3.35. The zero-order chi connectivity index (χ0) is 24.4. The van der Waals surface area contributed by atoms with Crippen LogP contribution >= 0.6 is 0 Å². The molecule has 3 N–H and O–H groups in total. The third-order valence-corrected chi connectivity index (χ3v) is 6.18. The first-order valence-corrected chi connectivity index (χ1v) is 11.3. The second-order valence-electron chi connectivity index (χ2n) is 8.87. The fourth-order valence-corrected chi connectivity index (χ4v) is 4.60. The van der Waals surface area contributed by atoms with Gasteiger partial charge in [0.25, 0.3) is 0 Å². The van der Waals surface area contributed by atoms with Crippen molar-refractivity contribution < 1.29 is 18.7 Å². The van der Waals surface area contributed by atoms with E-state index >= 15 is 0 Å². The molecule has 4 rings (SSSR count). The summed E-state index contributed by atoms with van der Waals surface area (Å²) in [5, 5.41) is 17.1. The molecule has 0 saturated carbocycles. The van der Waals surface area contributed by atoms with E-state index in [4.69, 9.17) is 0 Å². The van der Waals surface area contributed by atoms with Gasteiger partial charge in [0.2, 0.25) is 5.91 Å². The van der Waals surface area contributed by atoms with Gasteiger partial charge in [-0.1, -0.05) is 48.6 Å². The quantitative estimate of drug-likeness (QED) is 0.452. The highest BCUT2D eigenvalue weighted by Gasteiger charge is 2.30. The first kappa shape index (κ1) is 23.8. The summed E-state index contributed by atoms with van der Waals surface area (Å²) in [6.07, 6.45) is -0.898. The summed E-state index contributed by atoms with van der Waals surface area (Å²) in [5.74, 6) is -1.73. The van der Waals surface area contributed by atoms with E-state index in [2.05, 4.69) is 47.5 Å². The lowest BCUT2D eigenvalue weighted by molar-refractivity contribution is -0.120. The zero-order valence-corrected chi connectivity index (χ0v) is 19.2. The molecule has 0 fully saturated rings. The molecule has 0 spiro atoms. The van der Waals surface area contributed by atoms with E-state index in [-0.39, 0.29) is 24.9 Å². The summed E-state index contributed by atoms with van der Waals surface area (Å²) >= 11 is 0. The minimum Gasteiger partial charge on any atom is -0.390 e. The van der Waals surface area contributed by atoms with Crippen LogP contribution in [-0.2, 0) is 11.2 Å². The van der Waals surface area contributed by atoms with E-state index in [0.29, 0.717) is 5.56 Å². The number of fused-ring (bicyclic) bond motifs is 3. The van der Waals surface area contributed by atoms with Crippen LogP contribution in [0.5, 0.6) is 0 Å². The van der Waals surface area contributed by atoms with Gasteiger partial charge in [-0.25, -0.2) is 8.78 Å².